The van der Waals surface area contributed by atoms with E-state index in [1.54, 1.807) is 42.5 Å². The average molecular weight is 525 g/mol. The van der Waals surface area contributed by atoms with E-state index in [0.29, 0.717) is 28.3 Å². The van der Waals surface area contributed by atoms with Crippen LogP contribution in [0.15, 0.2) is 64.6 Å². The Hall–Kier alpha value is -3.73. The number of nitrogens with one attached hydrogen (secondary N) is 2. The first-order valence-corrected chi connectivity index (χ1v) is 10.2. The maximum atomic E-state index is 12.7. The fourth-order valence-electron chi connectivity index (χ4n) is 3.38. The second-order valence-electron chi connectivity index (χ2n) is 6.86. The van der Waals surface area contributed by atoms with Crippen LogP contribution in [-0.4, -0.2) is 23.6 Å². The molecule has 152 valence electrons. The van der Waals surface area contributed by atoms with Gasteiger partial charge in [0.05, 0.1) is 16.8 Å². The molecule has 0 aliphatic carbocycles. The summed E-state index contributed by atoms with van der Waals surface area (Å²) in [6.45, 7) is 0. The van der Waals surface area contributed by atoms with E-state index in [4.69, 9.17) is 4.42 Å². The molecule has 5 rings (SSSR count). The summed E-state index contributed by atoms with van der Waals surface area (Å²) in [7, 11) is 0. The third-order valence-electron chi connectivity index (χ3n) is 4.91. The summed E-state index contributed by atoms with van der Waals surface area (Å²) in [6.07, 6.45) is 1.37. The lowest BCUT2D eigenvalue weighted by Crippen LogP contribution is -2.35. The van der Waals surface area contributed by atoms with Gasteiger partial charge in [-0.1, -0.05) is 6.07 Å². The highest BCUT2D eigenvalue weighted by atomic mass is 127. The molecule has 2 aliphatic heterocycles. The number of furan rings is 1. The van der Waals surface area contributed by atoms with Gasteiger partial charge in [-0.2, -0.15) is 0 Å². The zero-order valence-corrected chi connectivity index (χ0v) is 17.8. The fraction of sp³-hybridized carbons (Fsp3) is 0. The monoisotopic (exact) mass is 525 g/mol. The van der Waals surface area contributed by atoms with Crippen LogP contribution >= 0.6 is 22.6 Å². The number of hydrogen-bond donors (Lipinski definition) is 2. The molecular weight excluding hydrogens is 513 g/mol. The number of halogens is 1. The lowest BCUT2D eigenvalue weighted by molar-refractivity contribution is -0.117. The minimum atomic E-state index is -0.533. The van der Waals surface area contributed by atoms with Crippen LogP contribution < -0.4 is 15.8 Å². The number of hydrogen-bond acceptors (Lipinski definition) is 5. The predicted molar refractivity (Wildman–Crippen MR) is 119 cm³/mol. The normalized spacial score (nSPS) is 16.7. The molecule has 0 unspecified atom stereocenters. The number of hydrazine groups is 1. The molecule has 0 atom stereocenters. The Balaban J connectivity index is 1.43. The Morgan fingerprint density at radius 1 is 0.839 bits per heavy atom. The molecule has 2 N–H and O–H groups in total. The van der Waals surface area contributed by atoms with Gasteiger partial charge in [-0.05, 0) is 77.2 Å². The molecule has 0 bridgehead atoms. The SMILES string of the molecule is O=C1NN(c2ccc(I)cc2)C(=O)/C1=C\c1ccc(-c2ccc3c(c2)C(=O)NC3=O)o1. The molecule has 1 fully saturated rings. The Bertz CT molecular complexity index is 1320. The van der Waals surface area contributed by atoms with Crippen molar-refractivity contribution in [3.05, 3.63) is 80.6 Å². The molecule has 1 aromatic heterocycles. The molecule has 2 aliphatic rings. The van der Waals surface area contributed by atoms with Gasteiger partial charge in [-0.3, -0.25) is 29.9 Å². The highest BCUT2D eigenvalue weighted by Crippen LogP contribution is 2.28. The Morgan fingerprint density at radius 2 is 1.58 bits per heavy atom. The number of rotatable bonds is 3. The maximum absolute atomic E-state index is 12.7. The van der Waals surface area contributed by atoms with E-state index in [2.05, 4.69) is 33.3 Å². The quantitative estimate of drug-likeness (QED) is 0.237. The van der Waals surface area contributed by atoms with Crippen molar-refractivity contribution >= 4 is 58.0 Å². The van der Waals surface area contributed by atoms with Crippen LogP contribution in [0, 0.1) is 3.57 Å². The van der Waals surface area contributed by atoms with Crippen molar-refractivity contribution in [2.45, 2.75) is 0 Å². The number of fused-ring (bicyclic) bond motifs is 1. The lowest BCUT2D eigenvalue weighted by atomic mass is 10.0. The van der Waals surface area contributed by atoms with Crippen molar-refractivity contribution in [3.8, 4) is 11.3 Å². The van der Waals surface area contributed by atoms with E-state index >= 15 is 0 Å². The number of anilines is 1. The Kier molecular flexibility index (Phi) is 4.47. The second kappa shape index (κ2) is 7.20. The standard InChI is InChI=1S/C22H12IN3O5/c23-12-2-4-13(5-3-12)26-22(30)17(21(29)25-26)10-14-6-8-18(31-14)11-1-7-15-16(9-11)20(28)24-19(15)27/h1-10H,(H,25,29)(H,24,27,28)/b17-10-. The topological polar surface area (TPSA) is 109 Å². The largest absolute Gasteiger partial charge is 0.457 e. The van der Waals surface area contributed by atoms with Crippen LogP contribution in [0.5, 0.6) is 0 Å². The first-order chi connectivity index (χ1) is 14.9. The Morgan fingerprint density at radius 3 is 2.35 bits per heavy atom. The molecule has 3 aromatic rings. The van der Waals surface area contributed by atoms with Gasteiger partial charge in [-0.15, -0.1) is 0 Å². The Labute approximate surface area is 189 Å². The molecule has 0 spiro atoms. The molecule has 4 amide bonds. The first-order valence-electron chi connectivity index (χ1n) is 9.13. The van der Waals surface area contributed by atoms with Gasteiger partial charge in [0.25, 0.3) is 23.6 Å². The summed E-state index contributed by atoms with van der Waals surface area (Å²) in [4.78, 5) is 48.6. The summed E-state index contributed by atoms with van der Waals surface area (Å²) in [6, 6.07) is 15.2. The number of imide groups is 1. The van der Waals surface area contributed by atoms with E-state index in [-0.39, 0.29) is 11.1 Å². The number of carbonyl (C=O) groups is 4. The lowest BCUT2D eigenvalue weighted by Gasteiger charge is -2.14. The molecule has 0 radical (unpaired) electrons. The number of nitrogens with zero attached hydrogens (tertiary/aromatic N) is 1. The van der Waals surface area contributed by atoms with Crippen LogP contribution in [0.2, 0.25) is 0 Å². The highest BCUT2D eigenvalue weighted by molar-refractivity contribution is 14.1. The van der Waals surface area contributed by atoms with E-state index in [9.17, 15) is 19.2 Å². The molecular formula is C22H12IN3O5. The van der Waals surface area contributed by atoms with Gasteiger partial charge < -0.3 is 4.42 Å². The third kappa shape index (κ3) is 3.32. The van der Waals surface area contributed by atoms with Crippen molar-refractivity contribution in [3.63, 3.8) is 0 Å². The van der Waals surface area contributed by atoms with Crippen LogP contribution in [0.3, 0.4) is 0 Å². The van der Waals surface area contributed by atoms with Crippen molar-refractivity contribution in [1.82, 2.24) is 10.7 Å². The zero-order valence-electron chi connectivity index (χ0n) is 15.6. The summed E-state index contributed by atoms with van der Waals surface area (Å²) >= 11 is 2.15. The predicted octanol–water partition coefficient (Wildman–Crippen LogP) is 2.90. The van der Waals surface area contributed by atoms with E-state index in [1.807, 2.05) is 12.1 Å². The molecule has 8 nitrogen and oxygen atoms in total. The molecule has 1 saturated heterocycles. The number of benzene rings is 2. The average Bonchev–Trinajstić information content (AvgIpc) is 3.42. The molecule has 2 aromatic carbocycles. The zero-order chi connectivity index (χ0) is 21.7. The minimum Gasteiger partial charge on any atom is -0.457 e. The van der Waals surface area contributed by atoms with Gasteiger partial charge in [0, 0.05) is 9.13 Å². The fourth-order valence-corrected chi connectivity index (χ4v) is 3.74. The summed E-state index contributed by atoms with van der Waals surface area (Å²) in [5, 5.41) is 3.42. The number of amides is 4. The van der Waals surface area contributed by atoms with Crippen molar-refractivity contribution in [2.75, 3.05) is 5.01 Å². The van der Waals surface area contributed by atoms with E-state index in [0.717, 1.165) is 3.57 Å². The molecule has 31 heavy (non-hydrogen) atoms. The molecule has 3 heterocycles. The van der Waals surface area contributed by atoms with Gasteiger partial charge >= 0.3 is 0 Å². The highest BCUT2D eigenvalue weighted by Gasteiger charge is 2.34. The van der Waals surface area contributed by atoms with E-state index < -0.39 is 23.6 Å². The van der Waals surface area contributed by atoms with Crippen LogP contribution in [-0.2, 0) is 9.59 Å². The second-order valence-corrected chi connectivity index (χ2v) is 8.11. The third-order valence-corrected chi connectivity index (χ3v) is 5.63. The maximum Gasteiger partial charge on any atom is 0.282 e. The van der Waals surface area contributed by atoms with Crippen molar-refractivity contribution in [1.29, 1.82) is 0 Å². The van der Waals surface area contributed by atoms with Gasteiger partial charge in [0.15, 0.2) is 0 Å². The minimum absolute atomic E-state index is 0.0571. The van der Waals surface area contributed by atoms with Crippen LogP contribution in [0.25, 0.3) is 17.4 Å². The van der Waals surface area contributed by atoms with Gasteiger partial charge in [0.2, 0.25) is 0 Å². The smallest absolute Gasteiger partial charge is 0.282 e. The van der Waals surface area contributed by atoms with Gasteiger partial charge in [0.1, 0.15) is 17.1 Å². The van der Waals surface area contributed by atoms with Crippen LogP contribution in [0.1, 0.15) is 26.5 Å². The van der Waals surface area contributed by atoms with Crippen LogP contribution in [0.4, 0.5) is 5.69 Å². The van der Waals surface area contributed by atoms with Crippen molar-refractivity contribution < 1.29 is 23.6 Å². The van der Waals surface area contributed by atoms with E-state index in [1.165, 1.54) is 11.1 Å². The summed E-state index contributed by atoms with van der Waals surface area (Å²) in [5.41, 5.74) is 4.21. The summed E-state index contributed by atoms with van der Waals surface area (Å²) in [5.74, 6) is -1.17. The first kappa shape index (κ1) is 19.2. The number of carbonyl (C=O) groups excluding carboxylic acids is 4. The molecule has 0 saturated carbocycles. The van der Waals surface area contributed by atoms with Gasteiger partial charge in [-0.25, -0.2) is 5.01 Å². The van der Waals surface area contributed by atoms with Crippen molar-refractivity contribution in [2.24, 2.45) is 0 Å². The summed E-state index contributed by atoms with van der Waals surface area (Å²) < 4.78 is 6.77. The molecule has 9 heteroatoms.